The minimum atomic E-state index is -1.22. The number of aryl methyl sites for hydroxylation is 1. The van der Waals surface area contributed by atoms with E-state index in [1.807, 2.05) is 6.92 Å². The van der Waals surface area contributed by atoms with Crippen LogP contribution in [0.5, 0.6) is 11.5 Å². The zero-order valence-corrected chi connectivity index (χ0v) is 19.4. The Balaban J connectivity index is 1.46. The van der Waals surface area contributed by atoms with E-state index >= 15 is 0 Å². The third kappa shape index (κ3) is 3.01. The summed E-state index contributed by atoms with van der Waals surface area (Å²) in [7, 11) is 0. The molecule has 1 fully saturated rings. The number of nitrogens with zero attached hydrogens (tertiary/aromatic N) is 3. The van der Waals surface area contributed by atoms with E-state index in [2.05, 4.69) is 0 Å². The zero-order chi connectivity index (χ0) is 25.3. The Morgan fingerprint density at radius 1 is 0.944 bits per heavy atom. The van der Waals surface area contributed by atoms with Crippen molar-refractivity contribution in [2.45, 2.75) is 19.0 Å². The number of anilines is 1. The molecule has 0 radical (unpaired) electrons. The Hall–Kier alpha value is -4.44. The number of carbonyl (C=O) groups is 3. The van der Waals surface area contributed by atoms with Crippen LogP contribution in [-0.2, 0) is 4.79 Å². The number of rotatable bonds is 4. The topological polar surface area (TPSA) is 119 Å². The Labute approximate surface area is 208 Å². The molecule has 6 rings (SSSR count). The van der Waals surface area contributed by atoms with Crippen LogP contribution in [-0.4, -0.2) is 40.4 Å². The Bertz CT molecular complexity index is 1520. The highest BCUT2D eigenvalue weighted by molar-refractivity contribution is 6.32. The number of hydrogen-bond acceptors (Lipinski definition) is 7. The quantitative estimate of drug-likeness (QED) is 0.227. The molecule has 0 unspecified atom stereocenters. The molecule has 11 heteroatoms. The average molecular weight is 506 g/mol. The van der Waals surface area contributed by atoms with Gasteiger partial charge in [-0.1, -0.05) is 29.8 Å². The van der Waals surface area contributed by atoms with Crippen molar-refractivity contribution in [2.24, 2.45) is 0 Å². The molecule has 3 amide bonds. The third-order valence-corrected chi connectivity index (χ3v) is 7.05. The largest absolute Gasteiger partial charge is 0.454 e. The first kappa shape index (κ1) is 22.1. The van der Waals surface area contributed by atoms with E-state index < -0.39 is 40.4 Å². The molecule has 0 aromatic heterocycles. The van der Waals surface area contributed by atoms with Gasteiger partial charge in [0.1, 0.15) is 11.6 Å². The molecule has 180 valence electrons. The van der Waals surface area contributed by atoms with Crippen molar-refractivity contribution in [3.8, 4) is 11.5 Å². The minimum Gasteiger partial charge on any atom is -0.454 e. The second kappa shape index (κ2) is 7.79. The Morgan fingerprint density at radius 3 is 2.47 bits per heavy atom. The number of amides is 3. The third-order valence-electron chi connectivity index (χ3n) is 6.64. The minimum absolute atomic E-state index is 0.0468. The van der Waals surface area contributed by atoms with Crippen LogP contribution < -0.4 is 14.4 Å². The van der Waals surface area contributed by atoms with Crippen molar-refractivity contribution in [3.05, 3.63) is 92.0 Å². The highest BCUT2D eigenvalue weighted by Gasteiger charge is 2.58. The molecule has 0 spiro atoms. The normalized spacial score (nSPS) is 20.0. The monoisotopic (exact) mass is 505 g/mol. The molecule has 0 aliphatic carbocycles. The molecule has 3 aromatic rings. The number of nitro benzene ring substituents is 1. The van der Waals surface area contributed by atoms with Crippen molar-refractivity contribution in [1.29, 1.82) is 0 Å². The van der Waals surface area contributed by atoms with E-state index in [1.165, 1.54) is 17.0 Å². The number of hydrogen-bond donors (Lipinski definition) is 0. The SMILES string of the molecule is Cc1ccc(N2C(=O)[C@H](N3C(=O)c4cccc([N+](=O)[O-])c4C3=O)[C@@H]2c2ccc3c(c2)OCO3)cc1Cl. The van der Waals surface area contributed by atoms with Crippen LogP contribution in [0.3, 0.4) is 0 Å². The van der Waals surface area contributed by atoms with Gasteiger partial charge in [-0.05, 0) is 48.4 Å². The van der Waals surface area contributed by atoms with Crippen LogP contribution in [0.25, 0.3) is 0 Å². The molecule has 3 aromatic carbocycles. The number of β-lactam (4-membered cyclic amide) rings is 1. The van der Waals surface area contributed by atoms with E-state index in [-0.39, 0.29) is 17.9 Å². The molecule has 3 aliphatic rings. The van der Waals surface area contributed by atoms with Gasteiger partial charge in [-0.15, -0.1) is 0 Å². The first-order chi connectivity index (χ1) is 17.3. The summed E-state index contributed by atoms with van der Waals surface area (Å²) in [6, 6.07) is 12.1. The number of halogens is 1. The zero-order valence-electron chi connectivity index (χ0n) is 18.6. The fourth-order valence-electron chi connectivity index (χ4n) is 4.86. The first-order valence-corrected chi connectivity index (χ1v) is 11.3. The van der Waals surface area contributed by atoms with Crippen LogP contribution in [0, 0.1) is 17.0 Å². The van der Waals surface area contributed by atoms with Gasteiger partial charge < -0.3 is 14.4 Å². The lowest BCUT2D eigenvalue weighted by atomic mass is 9.86. The summed E-state index contributed by atoms with van der Waals surface area (Å²) in [5.74, 6) is -1.17. The van der Waals surface area contributed by atoms with Crippen LogP contribution >= 0.6 is 11.6 Å². The molecule has 3 aliphatic heterocycles. The molecule has 2 atom stereocenters. The number of fused-ring (bicyclic) bond motifs is 2. The van der Waals surface area contributed by atoms with Crippen molar-refractivity contribution < 1.29 is 28.8 Å². The van der Waals surface area contributed by atoms with Gasteiger partial charge in [0, 0.05) is 16.8 Å². The molecular weight excluding hydrogens is 490 g/mol. The fourth-order valence-corrected chi connectivity index (χ4v) is 5.04. The molecule has 1 saturated heterocycles. The average Bonchev–Trinajstić information content (AvgIpc) is 3.42. The van der Waals surface area contributed by atoms with Crippen LogP contribution in [0.2, 0.25) is 5.02 Å². The summed E-state index contributed by atoms with van der Waals surface area (Å²) in [5, 5.41) is 12.0. The summed E-state index contributed by atoms with van der Waals surface area (Å²) in [4.78, 5) is 53.4. The molecule has 36 heavy (non-hydrogen) atoms. The summed E-state index contributed by atoms with van der Waals surface area (Å²) >= 11 is 6.32. The summed E-state index contributed by atoms with van der Waals surface area (Å²) in [6.07, 6.45) is 0. The van der Waals surface area contributed by atoms with Gasteiger partial charge in [0.15, 0.2) is 11.5 Å². The van der Waals surface area contributed by atoms with E-state index in [1.54, 1.807) is 36.4 Å². The lowest BCUT2D eigenvalue weighted by Crippen LogP contribution is -2.67. The summed E-state index contributed by atoms with van der Waals surface area (Å²) in [5.41, 5.74) is 0.979. The van der Waals surface area contributed by atoms with Crippen LogP contribution in [0.15, 0.2) is 54.6 Å². The maximum Gasteiger partial charge on any atom is 0.282 e. The highest BCUT2D eigenvalue weighted by Crippen LogP contribution is 2.47. The maximum absolute atomic E-state index is 13.6. The maximum atomic E-state index is 13.6. The summed E-state index contributed by atoms with van der Waals surface area (Å²) in [6.45, 7) is 1.87. The number of ether oxygens (including phenoxy) is 2. The summed E-state index contributed by atoms with van der Waals surface area (Å²) < 4.78 is 10.9. The van der Waals surface area contributed by atoms with Gasteiger partial charge in [0.2, 0.25) is 6.79 Å². The number of nitro groups is 1. The van der Waals surface area contributed by atoms with Crippen molar-refractivity contribution in [3.63, 3.8) is 0 Å². The predicted octanol–water partition coefficient (Wildman–Crippen LogP) is 4.04. The van der Waals surface area contributed by atoms with Crippen LogP contribution in [0.1, 0.15) is 37.9 Å². The lowest BCUT2D eigenvalue weighted by Gasteiger charge is -2.49. The van der Waals surface area contributed by atoms with Gasteiger partial charge in [0.25, 0.3) is 23.4 Å². The van der Waals surface area contributed by atoms with Gasteiger partial charge in [-0.2, -0.15) is 0 Å². The smallest absolute Gasteiger partial charge is 0.282 e. The predicted molar refractivity (Wildman–Crippen MR) is 126 cm³/mol. The van der Waals surface area contributed by atoms with Gasteiger partial charge in [-0.25, -0.2) is 0 Å². The number of benzene rings is 3. The number of carbonyl (C=O) groups excluding carboxylic acids is 3. The van der Waals surface area contributed by atoms with Crippen molar-refractivity contribution in [2.75, 3.05) is 11.7 Å². The standard InChI is InChI=1S/C25H16ClN3O7/c1-12-5-7-14(10-16(12)26)27-21(13-6-8-18-19(9-13)36-11-35-18)22(25(27)32)28-23(30)15-3-2-4-17(29(33)34)20(15)24(28)31/h2-10,21-22H,11H2,1H3/t21-,22+/m0/s1. The van der Waals surface area contributed by atoms with Crippen molar-refractivity contribution >= 4 is 40.7 Å². The molecular formula is C25H16ClN3O7. The Kier molecular flexibility index (Phi) is 4.77. The Morgan fingerprint density at radius 2 is 1.72 bits per heavy atom. The molecule has 3 heterocycles. The van der Waals surface area contributed by atoms with Crippen molar-refractivity contribution in [1.82, 2.24) is 4.90 Å². The van der Waals surface area contributed by atoms with E-state index in [4.69, 9.17) is 21.1 Å². The molecule has 10 nitrogen and oxygen atoms in total. The molecule has 0 N–H and O–H groups in total. The van der Waals surface area contributed by atoms with E-state index in [0.29, 0.717) is 27.8 Å². The lowest BCUT2D eigenvalue weighted by molar-refractivity contribution is -0.385. The van der Waals surface area contributed by atoms with Gasteiger partial charge in [0.05, 0.1) is 16.5 Å². The second-order valence-electron chi connectivity index (χ2n) is 8.58. The second-order valence-corrected chi connectivity index (χ2v) is 8.99. The number of imide groups is 1. The first-order valence-electron chi connectivity index (χ1n) is 10.9. The fraction of sp³-hybridized carbons (Fsp3) is 0.160. The molecule has 0 saturated carbocycles. The van der Waals surface area contributed by atoms with E-state index in [0.717, 1.165) is 16.5 Å². The van der Waals surface area contributed by atoms with Gasteiger partial charge in [-0.3, -0.25) is 29.4 Å². The van der Waals surface area contributed by atoms with E-state index in [9.17, 15) is 24.5 Å². The van der Waals surface area contributed by atoms with Gasteiger partial charge >= 0.3 is 0 Å². The highest BCUT2D eigenvalue weighted by atomic mass is 35.5. The molecule has 0 bridgehead atoms. The van der Waals surface area contributed by atoms with Crippen LogP contribution in [0.4, 0.5) is 11.4 Å².